The first-order valence-electron chi connectivity index (χ1n) is 7.14. The van der Waals surface area contributed by atoms with Crippen LogP contribution in [0.5, 0.6) is 0 Å². The minimum Gasteiger partial charge on any atom is -0.380 e. The van der Waals surface area contributed by atoms with Gasteiger partial charge in [0.15, 0.2) is 0 Å². The second kappa shape index (κ2) is 6.39. The van der Waals surface area contributed by atoms with Gasteiger partial charge in [0.1, 0.15) is 17.2 Å². The van der Waals surface area contributed by atoms with Gasteiger partial charge in [0, 0.05) is 24.6 Å². The third kappa shape index (κ3) is 3.26. The van der Waals surface area contributed by atoms with Crippen LogP contribution in [0.15, 0.2) is 58.4 Å². The molecule has 2 aromatic carbocycles. The molecule has 0 bridgehead atoms. The number of halogens is 1. The number of benzene rings is 1. The van der Waals surface area contributed by atoms with Crippen molar-refractivity contribution in [2.75, 3.05) is 17.2 Å². The Hall–Kier alpha value is -3.02. The van der Waals surface area contributed by atoms with E-state index in [9.17, 15) is 14.0 Å². The lowest BCUT2D eigenvalue weighted by Crippen LogP contribution is -2.37. The normalized spacial score (nSPS) is 10.7. The van der Waals surface area contributed by atoms with Crippen LogP contribution >= 0.6 is 0 Å². The molecule has 23 heavy (non-hydrogen) atoms. The van der Waals surface area contributed by atoms with E-state index in [1.807, 2.05) is 6.07 Å². The summed E-state index contributed by atoms with van der Waals surface area (Å²) in [7, 11) is 0. The highest BCUT2D eigenvalue weighted by Gasteiger charge is 2.20. The van der Waals surface area contributed by atoms with E-state index < -0.39 is 10.9 Å². The van der Waals surface area contributed by atoms with E-state index in [0.717, 1.165) is 5.56 Å². The molecule has 3 aromatic rings. The zero-order valence-electron chi connectivity index (χ0n) is 12.2. The maximum atomic E-state index is 13.1. The zero-order valence-corrected chi connectivity index (χ0v) is 12.2. The SMILES string of the molecule is O=c1c(NCCc2cccc(F)c2)c(Nc2ccncc2)c1=O. The van der Waals surface area contributed by atoms with Crippen molar-refractivity contribution < 1.29 is 4.39 Å². The standard InChI is InChI=1S/C17H14FN3O2/c18-12-3-1-2-11(10-12)4-9-20-14-15(17(23)16(14)22)21-13-5-7-19-8-6-13/h1-3,5-8,10,20H,4,9H2,(H,19,21). The Morgan fingerprint density at radius 2 is 1.74 bits per heavy atom. The Morgan fingerprint density at radius 1 is 1.00 bits per heavy atom. The first-order valence-corrected chi connectivity index (χ1v) is 7.14. The van der Waals surface area contributed by atoms with Gasteiger partial charge in [0.2, 0.25) is 0 Å². The van der Waals surface area contributed by atoms with Gasteiger partial charge in [-0.15, -0.1) is 0 Å². The van der Waals surface area contributed by atoms with Gasteiger partial charge >= 0.3 is 0 Å². The van der Waals surface area contributed by atoms with E-state index in [2.05, 4.69) is 15.6 Å². The molecule has 0 saturated carbocycles. The third-order valence-electron chi connectivity index (χ3n) is 3.46. The maximum absolute atomic E-state index is 13.1. The summed E-state index contributed by atoms with van der Waals surface area (Å²) in [6, 6.07) is 9.67. The van der Waals surface area contributed by atoms with Crippen molar-refractivity contribution in [2.24, 2.45) is 0 Å². The van der Waals surface area contributed by atoms with Crippen LogP contribution in [-0.4, -0.2) is 11.5 Å². The summed E-state index contributed by atoms with van der Waals surface area (Å²) in [5, 5.41) is 5.86. The predicted molar refractivity (Wildman–Crippen MR) is 87.5 cm³/mol. The molecule has 5 nitrogen and oxygen atoms in total. The Labute approximate surface area is 131 Å². The van der Waals surface area contributed by atoms with Gasteiger partial charge in [0.05, 0.1) is 0 Å². The predicted octanol–water partition coefficient (Wildman–Crippen LogP) is 2.21. The number of anilines is 3. The average Bonchev–Trinajstić information content (AvgIpc) is 2.58. The molecule has 1 heterocycles. The van der Waals surface area contributed by atoms with Gasteiger partial charge in [-0.25, -0.2) is 4.39 Å². The van der Waals surface area contributed by atoms with Gasteiger partial charge in [-0.05, 0) is 36.2 Å². The number of rotatable bonds is 6. The maximum Gasteiger partial charge on any atom is 0.253 e. The first-order chi connectivity index (χ1) is 11.1. The largest absolute Gasteiger partial charge is 0.380 e. The van der Waals surface area contributed by atoms with E-state index in [-0.39, 0.29) is 17.2 Å². The molecule has 116 valence electrons. The fraction of sp³-hybridized carbons (Fsp3) is 0.118. The van der Waals surface area contributed by atoms with E-state index in [1.165, 1.54) is 12.1 Å². The lowest BCUT2D eigenvalue weighted by molar-refractivity contribution is 0.625. The van der Waals surface area contributed by atoms with Crippen LogP contribution in [0.2, 0.25) is 0 Å². The summed E-state index contributed by atoms with van der Waals surface area (Å²) in [6.45, 7) is 0.430. The van der Waals surface area contributed by atoms with Crippen molar-refractivity contribution in [3.8, 4) is 0 Å². The topological polar surface area (TPSA) is 71.1 Å². The van der Waals surface area contributed by atoms with Crippen molar-refractivity contribution in [2.45, 2.75) is 6.42 Å². The Kier molecular flexibility index (Phi) is 4.14. The molecule has 0 fully saturated rings. The van der Waals surface area contributed by atoms with E-state index in [1.54, 1.807) is 30.6 Å². The monoisotopic (exact) mass is 311 g/mol. The minimum absolute atomic E-state index is 0.250. The highest BCUT2D eigenvalue weighted by Crippen LogP contribution is 2.19. The van der Waals surface area contributed by atoms with Crippen molar-refractivity contribution >= 4 is 17.1 Å². The number of nitrogens with zero attached hydrogens (tertiary/aromatic N) is 1. The minimum atomic E-state index is -0.546. The summed E-state index contributed by atoms with van der Waals surface area (Å²) < 4.78 is 13.1. The Bertz CT molecular complexity index is 886. The summed E-state index contributed by atoms with van der Waals surface area (Å²) in [4.78, 5) is 27.2. The molecule has 3 rings (SSSR count). The van der Waals surface area contributed by atoms with Crippen LogP contribution in [0.1, 0.15) is 5.56 Å². The third-order valence-corrected chi connectivity index (χ3v) is 3.46. The van der Waals surface area contributed by atoms with Crippen LogP contribution in [-0.2, 0) is 6.42 Å². The lowest BCUT2D eigenvalue weighted by atomic mass is 10.1. The smallest absolute Gasteiger partial charge is 0.253 e. The molecule has 0 radical (unpaired) electrons. The van der Waals surface area contributed by atoms with Crippen LogP contribution in [0.4, 0.5) is 21.5 Å². The van der Waals surface area contributed by atoms with E-state index >= 15 is 0 Å². The van der Waals surface area contributed by atoms with Crippen LogP contribution in [0.3, 0.4) is 0 Å². The second-order valence-electron chi connectivity index (χ2n) is 5.08. The zero-order chi connectivity index (χ0) is 16.2. The Balaban J connectivity index is 1.66. The van der Waals surface area contributed by atoms with Crippen molar-refractivity contribution in [1.82, 2.24) is 4.98 Å². The van der Waals surface area contributed by atoms with Gasteiger partial charge in [-0.2, -0.15) is 0 Å². The van der Waals surface area contributed by atoms with Crippen molar-refractivity contribution in [3.05, 3.63) is 80.6 Å². The summed E-state index contributed by atoms with van der Waals surface area (Å²) in [5.74, 6) is -0.295. The number of hydrogen-bond donors (Lipinski definition) is 2. The molecule has 0 saturated heterocycles. The molecule has 0 amide bonds. The molecule has 0 atom stereocenters. The molecule has 6 heteroatoms. The van der Waals surface area contributed by atoms with Gasteiger partial charge in [-0.3, -0.25) is 14.6 Å². The van der Waals surface area contributed by atoms with E-state index in [4.69, 9.17) is 0 Å². The summed E-state index contributed by atoms with van der Waals surface area (Å²) in [6.07, 6.45) is 3.72. The number of pyridine rings is 1. The average molecular weight is 311 g/mol. The van der Waals surface area contributed by atoms with E-state index in [0.29, 0.717) is 18.7 Å². The van der Waals surface area contributed by atoms with Gasteiger partial charge < -0.3 is 10.6 Å². The molecule has 0 aliphatic heterocycles. The fourth-order valence-electron chi connectivity index (χ4n) is 2.28. The highest BCUT2D eigenvalue weighted by molar-refractivity contribution is 5.78. The molecule has 0 spiro atoms. The fourth-order valence-corrected chi connectivity index (χ4v) is 2.28. The van der Waals surface area contributed by atoms with Crippen LogP contribution in [0.25, 0.3) is 0 Å². The molecular weight excluding hydrogens is 297 g/mol. The van der Waals surface area contributed by atoms with Crippen molar-refractivity contribution in [1.29, 1.82) is 0 Å². The van der Waals surface area contributed by atoms with Crippen molar-refractivity contribution in [3.63, 3.8) is 0 Å². The molecule has 0 aliphatic carbocycles. The van der Waals surface area contributed by atoms with Gasteiger partial charge in [-0.1, -0.05) is 12.1 Å². The van der Waals surface area contributed by atoms with Crippen LogP contribution in [0, 0.1) is 5.82 Å². The number of aromatic nitrogens is 1. The molecular formula is C17H14FN3O2. The molecule has 1 aromatic heterocycles. The number of hydrogen-bond acceptors (Lipinski definition) is 5. The quantitative estimate of drug-likeness (QED) is 0.683. The molecule has 0 aliphatic rings. The summed E-state index contributed by atoms with van der Waals surface area (Å²) >= 11 is 0. The highest BCUT2D eigenvalue weighted by atomic mass is 19.1. The Morgan fingerprint density at radius 3 is 2.48 bits per heavy atom. The second-order valence-corrected chi connectivity index (χ2v) is 5.08. The van der Waals surface area contributed by atoms with Crippen LogP contribution < -0.4 is 21.5 Å². The lowest BCUT2D eigenvalue weighted by Gasteiger charge is -2.14. The first kappa shape index (κ1) is 14.9. The van der Waals surface area contributed by atoms with Gasteiger partial charge in [0.25, 0.3) is 10.9 Å². The molecule has 2 N–H and O–H groups in total. The summed E-state index contributed by atoms with van der Waals surface area (Å²) in [5.41, 5.74) is 0.930. The number of nitrogens with one attached hydrogen (secondary N) is 2. The molecule has 0 unspecified atom stereocenters.